The van der Waals surface area contributed by atoms with E-state index in [4.69, 9.17) is 23.2 Å². The SMILES string of the molecule is O=C(NCc1nnc(SCC(=O)N2CCCc3ccccc32)n1-c1cccc(Cl)c1)c1c(F)cccc1Cl. The molecule has 194 valence electrons. The monoisotopic (exact) mass is 569 g/mol. The van der Waals surface area contributed by atoms with Crippen molar-refractivity contribution in [1.82, 2.24) is 20.1 Å². The molecule has 1 aliphatic rings. The molecular weight excluding hydrogens is 548 g/mol. The second kappa shape index (κ2) is 11.6. The van der Waals surface area contributed by atoms with E-state index < -0.39 is 11.7 Å². The zero-order valence-corrected chi connectivity index (χ0v) is 22.4. The molecule has 0 fully saturated rings. The summed E-state index contributed by atoms with van der Waals surface area (Å²) in [7, 11) is 0. The van der Waals surface area contributed by atoms with Crippen molar-refractivity contribution in [3.63, 3.8) is 0 Å². The highest BCUT2D eigenvalue weighted by Crippen LogP contribution is 2.29. The topological polar surface area (TPSA) is 80.1 Å². The Labute approximate surface area is 233 Å². The van der Waals surface area contributed by atoms with E-state index in [1.54, 1.807) is 22.8 Å². The minimum absolute atomic E-state index is 0.00727. The van der Waals surface area contributed by atoms with E-state index in [1.165, 1.54) is 30.0 Å². The number of halogens is 3. The lowest BCUT2D eigenvalue weighted by molar-refractivity contribution is -0.116. The molecule has 2 heterocycles. The molecule has 5 rings (SSSR count). The van der Waals surface area contributed by atoms with Gasteiger partial charge in [-0.25, -0.2) is 4.39 Å². The number of fused-ring (bicyclic) bond motifs is 1. The smallest absolute Gasteiger partial charge is 0.256 e. The van der Waals surface area contributed by atoms with Gasteiger partial charge in [-0.15, -0.1) is 10.2 Å². The molecule has 0 radical (unpaired) electrons. The number of thioether (sulfide) groups is 1. The van der Waals surface area contributed by atoms with Crippen LogP contribution in [0.4, 0.5) is 10.1 Å². The Balaban J connectivity index is 1.37. The molecule has 1 aliphatic heterocycles. The Morgan fingerprint density at radius 1 is 1.03 bits per heavy atom. The van der Waals surface area contributed by atoms with Crippen LogP contribution < -0.4 is 10.2 Å². The van der Waals surface area contributed by atoms with Gasteiger partial charge in [0.05, 0.1) is 28.6 Å². The average Bonchev–Trinajstić information content (AvgIpc) is 3.33. The van der Waals surface area contributed by atoms with E-state index in [2.05, 4.69) is 15.5 Å². The summed E-state index contributed by atoms with van der Waals surface area (Å²) in [6.07, 6.45) is 1.85. The number of carbonyl (C=O) groups is 2. The molecule has 3 aromatic carbocycles. The molecule has 0 bridgehead atoms. The summed E-state index contributed by atoms with van der Waals surface area (Å²) >= 11 is 13.5. The minimum Gasteiger partial charge on any atom is -0.345 e. The lowest BCUT2D eigenvalue weighted by Gasteiger charge is -2.29. The summed E-state index contributed by atoms with van der Waals surface area (Å²) in [5, 5.41) is 12.1. The Morgan fingerprint density at radius 2 is 1.84 bits per heavy atom. The van der Waals surface area contributed by atoms with Crippen LogP contribution in [-0.2, 0) is 17.8 Å². The second-order valence-corrected chi connectivity index (χ2v) is 10.3. The fourth-order valence-electron chi connectivity index (χ4n) is 4.34. The fourth-order valence-corrected chi connectivity index (χ4v) is 5.62. The third-order valence-corrected chi connectivity index (χ3v) is 7.56. The number of benzene rings is 3. The van der Waals surface area contributed by atoms with Crippen molar-refractivity contribution in [2.45, 2.75) is 24.5 Å². The first-order valence-corrected chi connectivity index (χ1v) is 13.6. The number of hydrogen-bond donors (Lipinski definition) is 1. The summed E-state index contributed by atoms with van der Waals surface area (Å²) in [4.78, 5) is 27.7. The maximum absolute atomic E-state index is 14.2. The number of hydrogen-bond acceptors (Lipinski definition) is 5. The van der Waals surface area contributed by atoms with Crippen molar-refractivity contribution in [2.24, 2.45) is 0 Å². The van der Waals surface area contributed by atoms with Gasteiger partial charge in [0.1, 0.15) is 5.82 Å². The molecule has 0 saturated carbocycles. The molecule has 7 nitrogen and oxygen atoms in total. The summed E-state index contributed by atoms with van der Waals surface area (Å²) in [5.74, 6) is -0.912. The molecule has 11 heteroatoms. The average molecular weight is 570 g/mol. The van der Waals surface area contributed by atoms with Gasteiger partial charge >= 0.3 is 0 Å². The van der Waals surface area contributed by atoms with Gasteiger partial charge < -0.3 is 10.2 Å². The number of anilines is 1. The van der Waals surface area contributed by atoms with Gasteiger partial charge in [0.2, 0.25) is 5.91 Å². The van der Waals surface area contributed by atoms with Gasteiger partial charge in [-0.05, 0) is 54.8 Å². The Kier molecular flexibility index (Phi) is 7.97. The first-order valence-electron chi connectivity index (χ1n) is 11.9. The number of carbonyl (C=O) groups excluding carboxylic acids is 2. The van der Waals surface area contributed by atoms with Crippen LogP contribution in [0.25, 0.3) is 5.69 Å². The third kappa shape index (κ3) is 5.55. The lowest BCUT2D eigenvalue weighted by Crippen LogP contribution is -2.36. The van der Waals surface area contributed by atoms with Crippen molar-refractivity contribution in [3.05, 3.63) is 99.5 Å². The highest BCUT2D eigenvalue weighted by Gasteiger charge is 2.24. The summed E-state index contributed by atoms with van der Waals surface area (Å²) in [6, 6.07) is 19.0. The van der Waals surface area contributed by atoms with Crippen LogP contribution in [0.2, 0.25) is 10.0 Å². The number of aromatic nitrogens is 3. The Hall–Kier alpha value is -3.40. The molecule has 0 saturated heterocycles. The van der Waals surface area contributed by atoms with Gasteiger partial charge in [-0.2, -0.15) is 0 Å². The van der Waals surface area contributed by atoms with Gasteiger partial charge in [-0.3, -0.25) is 14.2 Å². The van der Waals surface area contributed by atoms with Gasteiger partial charge in [0, 0.05) is 17.3 Å². The van der Waals surface area contributed by atoms with Crippen molar-refractivity contribution < 1.29 is 14.0 Å². The highest BCUT2D eigenvalue weighted by atomic mass is 35.5. The summed E-state index contributed by atoms with van der Waals surface area (Å²) in [6.45, 7) is 0.601. The molecule has 0 atom stereocenters. The standard InChI is InChI=1S/C27H22Cl2FN5O2S/c28-18-8-3-9-19(14-18)35-23(15-31-26(37)25-20(29)10-4-11-21(25)30)32-33-27(35)38-16-24(36)34-13-5-7-17-6-1-2-12-22(17)34/h1-4,6,8-12,14H,5,7,13,15-16H2,(H,31,37). The van der Waals surface area contributed by atoms with Crippen LogP contribution >= 0.6 is 35.0 Å². The molecule has 38 heavy (non-hydrogen) atoms. The number of para-hydroxylation sites is 1. The van der Waals surface area contributed by atoms with E-state index in [-0.39, 0.29) is 28.8 Å². The van der Waals surface area contributed by atoms with Crippen LogP contribution in [0.15, 0.2) is 71.9 Å². The molecular formula is C27H22Cl2FN5O2S. The quantitative estimate of drug-likeness (QED) is 0.288. The molecule has 2 amide bonds. The van der Waals surface area contributed by atoms with Crippen LogP contribution in [0.3, 0.4) is 0 Å². The zero-order valence-electron chi connectivity index (χ0n) is 20.0. The Morgan fingerprint density at radius 3 is 2.66 bits per heavy atom. The highest BCUT2D eigenvalue weighted by molar-refractivity contribution is 7.99. The second-order valence-electron chi connectivity index (χ2n) is 8.56. The van der Waals surface area contributed by atoms with E-state index >= 15 is 0 Å². The first-order chi connectivity index (χ1) is 18.4. The molecule has 1 aromatic heterocycles. The van der Waals surface area contributed by atoms with E-state index in [1.807, 2.05) is 35.2 Å². The van der Waals surface area contributed by atoms with Gasteiger partial charge in [0.25, 0.3) is 5.91 Å². The maximum atomic E-state index is 14.2. The fraction of sp³-hybridized carbons (Fsp3) is 0.185. The normalized spacial score (nSPS) is 12.8. The number of amides is 2. The van der Waals surface area contributed by atoms with Crippen LogP contribution in [0.5, 0.6) is 0 Å². The predicted octanol–water partition coefficient (Wildman–Crippen LogP) is 5.71. The predicted molar refractivity (Wildman–Crippen MR) is 147 cm³/mol. The van der Waals surface area contributed by atoms with Gasteiger partial charge in [0.15, 0.2) is 11.0 Å². The summed E-state index contributed by atoms with van der Waals surface area (Å²) in [5.41, 5.74) is 2.52. The van der Waals surface area contributed by atoms with Gasteiger partial charge in [-0.1, -0.05) is 65.3 Å². The Bertz CT molecular complexity index is 1490. The van der Waals surface area contributed by atoms with E-state index in [0.29, 0.717) is 28.2 Å². The number of nitrogens with zero attached hydrogens (tertiary/aromatic N) is 4. The molecule has 0 unspecified atom stereocenters. The van der Waals surface area contributed by atoms with Crippen LogP contribution in [-0.4, -0.2) is 38.9 Å². The van der Waals surface area contributed by atoms with E-state index in [0.717, 1.165) is 24.1 Å². The van der Waals surface area contributed by atoms with Crippen LogP contribution in [0.1, 0.15) is 28.2 Å². The lowest BCUT2D eigenvalue weighted by atomic mass is 10.0. The molecule has 0 spiro atoms. The zero-order chi connectivity index (χ0) is 26.6. The number of nitrogens with one attached hydrogen (secondary N) is 1. The van der Waals surface area contributed by atoms with E-state index in [9.17, 15) is 14.0 Å². The van der Waals surface area contributed by atoms with Crippen molar-refractivity contribution >= 4 is 52.5 Å². The van der Waals surface area contributed by atoms with Crippen molar-refractivity contribution in [3.8, 4) is 5.69 Å². The summed E-state index contributed by atoms with van der Waals surface area (Å²) < 4.78 is 15.9. The molecule has 0 aliphatic carbocycles. The number of rotatable bonds is 7. The van der Waals surface area contributed by atoms with Crippen molar-refractivity contribution in [2.75, 3.05) is 17.2 Å². The maximum Gasteiger partial charge on any atom is 0.256 e. The minimum atomic E-state index is -0.722. The first kappa shape index (κ1) is 26.2. The largest absolute Gasteiger partial charge is 0.345 e. The third-order valence-electron chi connectivity index (χ3n) is 6.10. The molecule has 4 aromatic rings. The van der Waals surface area contributed by atoms with Crippen LogP contribution in [0, 0.1) is 5.82 Å². The van der Waals surface area contributed by atoms with Crippen molar-refractivity contribution in [1.29, 1.82) is 0 Å². The number of aryl methyl sites for hydroxylation is 1. The molecule has 1 N–H and O–H groups in total.